The van der Waals surface area contributed by atoms with Crippen LogP contribution in [0.5, 0.6) is 0 Å². The van der Waals surface area contributed by atoms with Gasteiger partial charge < -0.3 is 9.40 Å². The number of hydrogen-bond acceptors (Lipinski definition) is 5. The van der Waals surface area contributed by atoms with Gasteiger partial charge in [-0.2, -0.15) is 0 Å². The van der Waals surface area contributed by atoms with E-state index in [2.05, 4.69) is 20.9 Å². The summed E-state index contributed by atoms with van der Waals surface area (Å²) in [5.74, 6) is 0.630. The number of H-pyrrole nitrogens is 1. The van der Waals surface area contributed by atoms with Gasteiger partial charge in [0.1, 0.15) is 10.5 Å². The summed E-state index contributed by atoms with van der Waals surface area (Å²) in [5.41, 5.74) is 0.0131. The van der Waals surface area contributed by atoms with Crippen LogP contribution in [0.2, 0.25) is 0 Å². The van der Waals surface area contributed by atoms with Crippen molar-refractivity contribution < 1.29 is 4.42 Å². The van der Waals surface area contributed by atoms with Crippen LogP contribution >= 0.6 is 39.5 Å². The van der Waals surface area contributed by atoms with Gasteiger partial charge in [-0.15, -0.1) is 11.3 Å². The summed E-state index contributed by atoms with van der Waals surface area (Å²) >= 11 is 9.86. The fourth-order valence-electron chi connectivity index (χ4n) is 2.61. The molecule has 0 spiro atoms. The number of nitrogens with one attached hydrogen (secondary N) is 1. The van der Waals surface area contributed by atoms with E-state index in [1.807, 2.05) is 12.1 Å². The fourth-order valence-corrected chi connectivity index (χ4v) is 4.25. The molecule has 0 aliphatic carbocycles. The molecule has 5 nitrogen and oxygen atoms in total. The molecule has 0 saturated heterocycles. The van der Waals surface area contributed by atoms with Crippen molar-refractivity contribution in [2.45, 2.75) is 6.54 Å². The first-order valence-corrected chi connectivity index (χ1v) is 8.98. The van der Waals surface area contributed by atoms with Crippen LogP contribution in [0.4, 0.5) is 0 Å². The molecule has 0 unspecified atom stereocenters. The zero-order valence-corrected chi connectivity index (χ0v) is 15.3. The minimum atomic E-state index is -0.307. The molecule has 0 radical (unpaired) electrons. The molecule has 3 heterocycles. The van der Waals surface area contributed by atoms with E-state index < -0.39 is 0 Å². The van der Waals surface area contributed by atoms with Crippen LogP contribution in [0.25, 0.3) is 21.0 Å². The Morgan fingerprint density at radius 1 is 1.29 bits per heavy atom. The van der Waals surface area contributed by atoms with Crippen molar-refractivity contribution in [1.29, 1.82) is 0 Å². The summed E-state index contributed by atoms with van der Waals surface area (Å²) in [4.78, 5) is 28.2. The SMILES string of the molecule is O=c1[nH]c2ccc(Br)cc2c2c(=O)n(Cc3ccco3)c(=S)sc12. The van der Waals surface area contributed by atoms with Gasteiger partial charge in [-0.25, -0.2) is 0 Å². The molecular weight excluding hydrogens is 412 g/mol. The number of pyridine rings is 1. The Morgan fingerprint density at radius 3 is 2.88 bits per heavy atom. The third kappa shape index (κ3) is 2.47. The van der Waals surface area contributed by atoms with Gasteiger partial charge in [0.05, 0.1) is 18.2 Å². The van der Waals surface area contributed by atoms with E-state index in [1.54, 1.807) is 24.5 Å². The molecule has 0 fully saturated rings. The van der Waals surface area contributed by atoms with Crippen LogP contribution in [0.15, 0.2) is 55.1 Å². The monoisotopic (exact) mass is 420 g/mol. The van der Waals surface area contributed by atoms with Gasteiger partial charge in [-0.1, -0.05) is 15.9 Å². The van der Waals surface area contributed by atoms with Crippen LogP contribution in [-0.4, -0.2) is 9.55 Å². The van der Waals surface area contributed by atoms with Crippen molar-refractivity contribution >= 4 is 60.5 Å². The Bertz CT molecular complexity index is 1250. The number of aromatic nitrogens is 2. The number of benzene rings is 1. The lowest BCUT2D eigenvalue weighted by Crippen LogP contribution is -2.23. The number of aromatic amines is 1. The predicted molar refractivity (Wildman–Crippen MR) is 101 cm³/mol. The lowest BCUT2D eigenvalue weighted by atomic mass is 10.1. The van der Waals surface area contributed by atoms with E-state index in [0.717, 1.165) is 15.8 Å². The molecule has 1 aromatic carbocycles. The maximum Gasteiger partial charge on any atom is 0.266 e. The van der Waals surface area contributed by atoms with Crippen LogP contribution in [0, 0.1) is 3.95 Å². The maximum atomic E-state index is 13.0. The van der Waals surface area contributed by atoms with Gasteiger partial charge in [0, 0.05) is 15.4 Å². The van der Waals surface area contributed by atoms with Gasteiger partial charge in [0.2, 0.25) is 0 Å². The standard InChI is InChI=1S/C16H9BrN2O3S2/c17-8-3-4-11-10(6-8)12-13(14(20)18-11)24-16(23)19(15(12)21)7-9-2-1-5-22-9/h1-6H,7H2,(H,18,20). The Hall–Kier alpha value is -2.03. The fraction of sp³-hybridized carbons (Fsp3) is 0.0625. The maximum absolute atomic E-state index is 13.0. The van der Waals surface area contributed by atoms with Gasteiger partial charge >= 0.3 is 0 Å². The zero-order chi connectivity index (χ0) is 16.8. The highest BCUT2D eigenvalue weighted by Crippen LogP contribution is 2.24. The minimum Gasteiger partial charge on any atom is -0.467 e. The Kier molecular flexibility index (Phi) is 3.75. The number of nitrogens with zero attached hydrogens (tertiary/aromatic N) is 1. The first-order chi connectivity index (χ1) is 11.5. The quantitative estimate of drug-likeness (QED) is 0.392. The molecule has 24 heavy (non-hydrogen) atoms. The second-order valence-corrected chi connectivity index (χ2v) is 7.75. The summed E-state index contributed by atoms with van der Waals surface area (Å²) in [6.45, 7) is 0.236. The highest BCUT2D eigenvalue weighted by atomic mass is 79.9. The molecule has 0 bridgehead atoms. The first-order valence-electron chi connectivity index (χ1n) is 6.96. The van der Waals surface area contributed by atoms with Crippen LogP contribution < -0.4 is 11.1 Å². The zero-order valence-electron chi connectivity index (χ0n) is 12.0. The summed E-state index contributed by atoms with van der Waals surface area (Å²) in [7, 11) is 0. The summed E-state index contributed by atoms with van der Waals surface area (Å²) in [6.07, 6.45) is 1.55. The number of rotatable bonds is 2. The van der Waals surface area contributed by atoms with E-state index in [-0.39, 0.29) is 17.7 Å². The molecule has 8 heteroatoms. The van der Waals surface area contributed by atoms with E-state index in [1.165, 1.54) is 4.57 Å². The lowest BCUT2D eigenvalue weighted by molar-refractivity contribution is 0.490. The van der Waals surface area contributed by atoms with E-state index in [9.17, 15) is 9.59 Å². The molecule has 4 aromatic rings. The number of halogens is 1. The number of furan rings is 1. The molecular formula is C16H9BrN2O3S2. The number of hydrogen-bond donors (Lipinski definition) is 1. The molecule has 0 aliphatic heterocycles. The van der Waals surface area contributed by atoms with Gasteiger partial charge in [0.25, 0.3) is 11.1 Å². The normalized spacial score (nSPS) is 11.4. The van der Waals surface area contributed by atoms with Crippen molar-refractivity contribution in [3.05, 3.63) is 71.5 Å². The molecule has 0 atom stereocenters. The van der Waals surface area contributed by atoms with Gasteiger partial charge in [0.15, 0.2) is 3.95 Å². The topological polar surface area (TPSA) is 68.0 Å². The highest BCUT2D eigenvalue weighted by Gasteiger charge is 2.14. The van der Waals surface area contributed by atoms with E-state index in [0.29, 0.717) is 30.7 Å². The summed E-state index contributed by atoms with van der Waals surface area (Å²) < 4.78 is 8.27. The first kappa shape index (κ1) is 15.5. The van der Waals surface area contributed by atoms with Crippen molar-refractivity contribution in [2.24, 2.45) is 0 Å². The minimum absolute atomic E-state index is 0.236. The molecule has 1 N–H and O–H groups in total. The third-order valence-electron chi connectivity index (χ3n) is 3.70. The Morgan fingerprint density at radius 2 is 2.12 bits per heavy atom. The van der Waals surface area contributed by atoms with Crippen LogP contribution in [0.1, 0.15) is 5.76 Å². The largest absolute Gasteiger partial charge is 0.467 e. The van der Waals surface area contributed by atoms with Crippen molar-refractivity contribution in [3.63, 3.8) is 0 Å². The molecule has 0 aliphatic rings. The second-order valence-electron chi connectivity index (χ2n) is 5.19. The van der Waals surface area contributed by atoms with Gasteiger partial charge in [-0.05, 0) is 42.5 Å². The Balaban J connectivity index is 2.15. The third-order valence-corrected chi connectivity index (χ3v) is 5.65. The highest BCUT2D eigenvalue weighted by molar-refractivity contribution is 9.10. The molecule has 0 saturated carbocycles. The molecule has 120 valence electrons. The number of fused-ring (bicyclic) bond motifs is 3. The summed E-state index contributed by atoms with van der Waals surface area (Å²) in [6, 6.07) is 8.94. The Labute approximate surface area is 152 Å². The lowest BCUT2D eigenvalue weighted by Gasteiger charge is -2.08. The van der Waals surface area contributed by atoms with Crippen LogP contribution in [0.3, 0.4) is 0 Å². The van der Waals surface area contributed by atoms with Crippen molar-refractivity contribution in [3.8, 4) is 0 Å². The molecule has 3 aromatic heterocycles. The van der Waals surface area contributed by atoms with Crippen molar-refractivity contribution in [2.75, 3.05) is 0 Å². The average molecular weight is 421 g/mol. The molecule has 4 rings (SSSR count). The average Bonchev–Trinajstić information content (AvgIpc) is 3.05. The predicted octanol–water partition coefficient (Wildman–Crippen LogP) is 4.04. The summed E-state index contributed by atoms with van der Waals surface area (Å²) in [5, 5.41) is 1.06. The smallest absolute Gasteiger partial charge is 0.266 e. The van der Waals surface area contributed by atoms with Gasteiger partial charge in [-0.3, -0.25) is 14.2 Å². The van der Waals surface area contributed by atoms with Crippen LogP contribution in [-0.2, 0) is 6.54 Å². The van der Waals surface area contributed by atoms with E-state index >= 15 is 0 Å². The van der Waals surface area contributed by atoms with E-state index in [4.69, 9.17) is 16.6 Å². The molecule has 0 amide bonds. The van der Waals surface area contributed by atoms with Crippen molar-refractivity contribution in [1.82, 2.24) is 9.55 Å². The second kappa shape index (κ2) is 5.80.